The molecule has 0 saturated carbocycles. The number of amides is 2. The molecule has 0 radical (unpaired) electrons. The third kappa shape index (κ3) is 3.39. The summed E-state index contributed by atoms with van der Waals surface area (Å²) in [6.45, 7) is 5.42. The minimum absolute atomic E-state index is 0.0340. The molecule has 1 aromatic carbocycles. The predicted octanol–water partition coefficient (Wildman–Crippen LogP) is 3.78. The molecule has 6 heteroatoms. The van der Waals surface area contributed by atoms with E-state index in [9.17, 15) is 4.79 Å². The molecule has 140 valence electrons. The van der Waals surface area contributed by atoms with Crippen LogP contribution in [0.15, 0.2) is 42.6 Å². The standard InChI is InChI=1S/C21H25N5O/c1-15-8-7-9-17(16(15)2)18-10-3-5-12-25(18)21(27)22-14-20-24-23-19-11-4-6-13-26(19)20/h4,6-9,11,13,18H,3,5,10,12,14H2,1-2H3,(H,22,27). The van der Waals surface area contributed by atoms with E-state index >= 15 is 0 Å². The molecular formula is C21H25N5O. The van der Waals surface area contributed by atoms with Gasteiger partial charge in [-0.15, -0.1) is 10.2 Å². The zero-order chi connectivity index (χ0) is 18.8. The highest BCUT2D eigenvalue weighted by Gasteiger charge is 2.29. The second-order valence-corrected chi connectivity index (χ2v) is 7.20. The average molecular weight is 363 g/mol. The Hall–Kier alpha value is -2.89. The number of piperidine rings is 1. The Bertz CT molecular complexity index is 964. The number of rotatable bonds is 3. The lowest BCUT2D eigenvalue weighted by molar-refractivity contribution is 0.150. The van der Waals surface area contributed by atoms with Crippen LogP contribution in [-0.4, -0.2) is 32.1 Å². The van der Waals surface area contributed by atoms with E-state index in [1.165, 1.54) is 16.7 Å². The molecular weight excluding hydrogens is 338 g/mol. The molecule has 1 saturated heterocycles. The van der Waals surface area contributed by atoms with Gasteiger partial charge in [-0.2, -0.15) is 0 Å². The number of urea groups is 1. The lowest BCUT2D eigenvalue weighted by atomic mass is 9.91. The Morgan fingerprint density at radius 2 is 2.04 bits per heavy atom. The molecule has 2 aromatic heterocycles. The maximum absolute atomic E-state index is 13.0. The van der Waals surface area contributed by atoms with Crippen molar-refractivity contribution < 1.29 is 4.79 Å². The Kier molecular flexibility index (Phi) is 4.79. The van der Waals surface area contributed by atoms with Gasteiger partial charge in [0.2, 0.25) is 0 Å². The van der Waals surface area contributed by atoms with Crippen LogP contribution >= 0.6 is 0 Å². The number of hydrogen-bond donors (Lipinski definition) is 1. The Morgan fingerprint density at radius 3 is 2.93 bits per heavy atom. The number of aromatic nitrogens is 3. The number of fused-ring (bicyclic) bond motifs is 1. The van der Waals surface area contributed by atoms with E-state index in [0.29, 0.717) is 6.54 Å². The molecule has 1 atom stereocenters. The van der Waals surface area contributed by atoms with Gasteiger partial charge in [0.15, 0.2) is 11.5 Å². The summed E-state index contributed by atoms with van der Waals surface area (Å²) >= 11 is 0. The molecule has 0 bridgehead atoms. The first-order valence-corrected chi connectivity index (χ1v) is 9.54. The Labute approximate surface area is 159 Å². The van der Waals surface area contributed by atoms with Gasteiger partial charge in [0.05, 0.1) is 12.6 Å². The molecule has 1 unspecified atom stereocenters. The smallest absolute Gasteiger partial charge is 0.318 e. The quantitative estimate of drug-likeness (QED) is 0.770. The zero-order valence-corrected chi connectivity index (χ0v) is 15.9. The van der Waals surface area contributed by atoms with Crippen molar-refractivity contribution in [2.24, 2.45) is 0 Å². The maximum atomic E-state index is 13.0. The fourth-order valence-corrected chi connectivity index (χ4v) is 3.90. The largest absolute Gasteiger partial charge is 0.331 e. The summed E-state index contributed by atoms with van der Waals surface area (Å²) in [6.07, 6.45) is 5.11. The Morgan fingerprint density at radius 1 is 1.15 bits per heavy atom. The van der Waals surface area contributed by atoms with Crippen molar-refractivity contribution in [3.63, 3.8) is 0 Å². The fourth-order valence-electron chi connectivity index (χ4n) is 3.90. The first kappa shape index (κ1) is 17.5. The van der Waals surface area contributed by atoms with Crippen molar-refractivity contribution >= 4 is 11.7 Å². The highest BCUT2D eigenvalue weighted by atomic mass is 16.2. The maximum Gasteiger partial charge on any atom is 0.318 e. The third-order valence-corrected chi connectivity index (χ3v) is 5.55. The van der Waals surface area contributed by atoms with Crippen molar-refractivity contribution in [1.29, 1.82) is 0 Å². The molecule has 27 heavy (non-hydrogen) atoms. The number of nitrogens with zero attached hydrogens (tertiary/aromatic N) is 4. The van der Waals surface area contributed by atoms with Crippen molar-refractivity contribution in [3.05, 3.63) is 65.1 Å². The van der Waals surface area contributed by atoms with Crippen LogP contribution in [0.2, 0.25) is 0 Å². The molecule has 0 spiro atoms. The summed E-state index contributed by atoms with van der Waals surface area (Å²) in [4.78, 5) is 14.9. The minimum Gasteiger partial charge on any atom is -0.331 e. The van der Waals surface area contributed by atoms with E-state index in [4.69, 9.17) is 0 Å². The lowest BCUT2D eigenvalue weighted by Gasteiger charge is -2.37. The molecule has 1 fully saturated rings. The van der Waals surface area contributed by atoms with E-state index in [2.05, 4.69) is 47.6 Å². The van der Waals surface area contributed by atoms with Crippen LogP contribution in [0, 0.1) is 13.8 Å². The van der Waals surface area contributed by atoms with Crippen LogP contribution in [0.3, 0.4) is 0 Å². The molecule has 1 aliphatic heterocycles. The molecule has 1 N–H and O–H groups in total. The second-order valence-electron chi connectivity index (χ2n) is 7.20. The van der Waals surface area contributed by atoms with Crippen LogP contribution in [-0.2, 0) is 6.54 Å². The fraction of sp³-hybridized carbons (Fsp3) is 0.381. The highest BCUT2D eigenvalue weighted by Crippen LogP contribution is 2.33. The molecule has 3 aromatic rings. The minimum atomic E-state index is -0.0340. The number of aryl methyl sites for hydroxylation is 1. The third-order valence-electron chi connectivity index (χ3n) is 5.55. The van der Waals surface area contributed by atoms with Crippen molar-refractivity contribution in [2.45, 2.75) is 45.7 Å². The van der Waals surface area contributed by atoms with E-state index in [1.807, 2.05) is 33.7 Å². The SMILES string of the molecule is Cc1cccc(C2CCCCN2C(=O)NCc2nnc3ccccn23)c1C. The average Bonchev–Trinajstić information content (AvgIpc) is 3.11. The van der Waals surface area contributed by atoms with Crippen LogP contribution < -0.4 is 5.32 Å². The monoisotopic (exact) mass is 363 g/mol. The number of carbonyl (C=O) groups is 1. The van der Waals surface area contributed by atoms with Gasteiger partial charge in [-0.1, -0.05) is 24.3 Å². The van der Waals surface area contributed by atoms with Crippen LogP contribution in [0.25, 0.3) is 5.65 Å². The number of nitrogens with one attached hydrogen (secondary N) is 1. The Balaban J connectivity index is 1.51. The van der Waals surface area contributed by atoms with Crippen LogP contribution in [0.5, 0.6) is 0 Å². The van der Waals surface area contributed by atoms with E-state index in [0.717, 1.165) is 37.3 Å². The van der Waals surface area contributed by atoms with Crippen LogP contribution in [0.4, 0.5) is 4.79 Å². The van der Waals surface area contributed by atoms with Gasteiger partial charge in [-0.05, 0) is 61.9 Å². The van der Waals surface area contributed by atoms with Gasteiger partial charge in [-0.25, -0.2) is 4.79 Å². The van der Waals surface area contributed by atoms with Crippen molar-refractivity contribution in [3.8, 4) is 0 Å². The molecule has 1 aliphatic rings. The van der Waals surface area contributed by atoms with Gasteiger partial charge in [0.25, 0.3) is 0 Å². The molecule has 3 heterocycles. The second kappa shape index (κ2) is 7.39. The first-order valence-electron chi connectivity index (χ1n) is 9.54. The molecule has 0 aliphatic carbocycles. The predicted molar refractivity (Wildman–Crippen MR) is 104 cm³/mol. The van der Waals surface area contributed by atoms with Crippen molar-refractivity contribution in [2.75, 3.05) is 6.54 Å². The number of carbonyl (C=O) groups excluding carboxylic acids is 1. The van der Waals surface area contributed by atoms with Gasteiger partial charge in [-0.3, -0.25) is 4.40 Å². The first-order chi connectivity index (χ1) is 13.1. The molecule has 4 rings (SSSR count). The number of hydrogen-bond acceptors (Lipinski definition) is 3. The van der Waals surface area contributed by atoms with Crippen LogP contribution in [0.1, 0.15) is 47.8 Å². The van der Waals surface area contributed by atoms with Gasteiger partial charge < -0.3 is 10.2 Å². The molecule has 2 amide bonds. The number of pyridine rings is 1. The molecule has 6 nitrogen and oxygen atoms in total. The summed E-state index contributed by atoms with van der Waals surface area (Å²) in [7, 11) is 0. The van der Waals surface area contributed by atoms with E-state index in [1.54, 1.807) is 0 Å². The number of likely N-dealkylation sites (tertiary alicyclic amines) is 1. The van der Waals surface area contributed by atoms with Gasteiger partial charge in [0, 0.05) is 12.7 Å². The summed E-state index contributed by atoms with van der Waals surface area (Å²) in [5, 5.41) is 11.4. The lowest BCUT2D eigenvalue weighted by Crippen LogP contribution is -2.44. The topological polar surface area (TPSA) is 62.5 Å². The summed E-state index contributed by atoms with van der Waals surface area (Å²) in [6, 6.07) is 12.2. The van der Waals surface area contributed by atoms with Crippen molar-refractivity contribution in [1.82, 2.24) is 24.8 Å². The summed E-state index contributed by atoms with van der Waals surface area (Å²) in [5.74, 6) is 0.735. The van der Waals surface area contributed by atoms with E-state index < -0.39 is 0 Å². The van der Waals surface area contributed by atoms with Gasteiger partial charge in [0.1, 0.15) is 0 Å². The number of benzene rings is 1. The normalized spacial score (nSPS) is 17.3. The zero-order valence-electron chi connectivity index (χ0n) is 15.9. The highest BCUT2D eigenvalue weighted by molar-refractivity contribution is 5.75. The summed E-state index contributed by atoms with van der Waals surface area (Å²) in [5.41, 5.74) is 4.60. The van der Waals surface area contributed by atoms with Gasteiger partial charge >= 0.3 is 6.03 Å². The van der Waals surface area contributed by atoms with E-state index in [-0.39, 0.29) is 12.1 Å². The summed E-state index contributed by atoms with van der Waals surface area (Å²) < 4.78 is 1.90.